The van der Waals surface area contributed by atoms with Crippen LogP contribution >= 0.6 is 0 Å². The van der Waals surface area contributed by atoms with Gasteiger partial charge in [-0.1, -0.05) is 51.1 Å². The summed E-state index contributed by atoms with van der Waals surface area (Å²) in [5.41, 5.74) is 6.48. The zero-order chi connectivity index (χ0) is 12.2. The van der Waals surface area contributed by atoms with Crippen molar-refractivity contribution < 1.29 is 9.53 Å². The number of benzene rings is 1. The van der Waals surface area contributed by atoms with Crippen molar-refractivity contribution in [2.24, 2.45) is 11.1 Å². The fourth-order valence-electron chi connectivity index (χ4n) is 1.17. The Morgan fingerprint density at radius 3 is 2.38 bits per heavy atom. The van der Waals surface area contributed by atoms with Gasteiger partial charge >= 0.3 is 5.97 Å². The number of nitrogens with two attached hydrogens (primary N) is 1. The van der Waals surface area contributed by atoms with Crippen LogP contribution in [-0.2, 0) is 16.1 Å². The number of rotatable bonds is 3. The predicted octanol–water partition coefficient (Wildman–Crippen LogP) is 2.10. The summed E-state index contributed by atoms with van der Waals surface area (Å²) < 4.78 is 5.15. The fourth-order valence-corrected chi connectivity index (χ4v) is 1.17. The summed E-state index contributed by atoms with van der Waals surface area (Å²) in [7, 11) is 0. The van der Waals surface area contributed by atoms with Crippen molar-refractivity contribution in [3.05, 3.63) is 35.9 Å². The molecule has 0 fully saturated rings. The summed E-state index contributed by atoms with van der Waals surface area (Å²) in [4.78, 5) is 11.6. The van der Waals surface area contributed by atoms with E-state index in [4.69, 9.17) is 10.5 Å². The van der Waals surface area contributed by atoms with Gasteiger partial charge in [0.2, 0.25) is 0 Å². The molecule has 1 atom stereocenters. The Labute approximate surface area is 96.6 Å². The van der Waals surface area contributed by atoms with Crippen LogP contribution < -0.4 is 5.73 Å². The second-order valence-corrected chi connectivity index (χ2v) is 4.94. The Kier molecular flexibility index (Phi) is 4.07. The van der Waals surface area contributed by atoms with Gasteiger partial charge in [-0.15, -0.1) is 0 Å². The topological polar surface area (TPSA) is 52.3 Å². The van der Waals surface area contributed by atoms with Crippen LogP contribution in [-0.4, -0.2) is 12.0 Å². The number of hydrogen-bond acceptors (Lipinski definition) is 3. The third-order valence-corrected chi connectivity index (χ3v) is 2.41. The zero-order valence-corrected chi connectivity index (χ0v) is 10.1. The molecule has 88 valence electrons. The van der Waals surface area contributed by atoms with Crippen molar-refractivity contribution >= 4 is 5.97 Å². The van der Waals surface area contributed by atoms with Gasteiger partial charge in [0, 0.05) is 0 Å². The lowest BCUT2D eigenvalue weighted by atomic mass is 9.87. The van der Waals surface area contributed by atoms with E-state index < -0.39 is 6.04 Å². The second kappa shape index (κ2) is 5.12. The molecule has 16 heavy (non-hydrogen) atoms. The van der Waals surface area contributed by atoms with Crippen molar-refractivity contribution in [2.45, 2.75) is 33.4 Å². The minimum absolute atomic E-state index is 0.270. The first-order valence-corrected chi connectivity index (χ1v) is 5.37. The molecule has 0 bridgehead atoms. The number of carbonyl (C=O) groups is 1. The average Bonchev–Trinajstić information content (AvgIpc) is 2.25. The van der Waals surface area contributed by atoms with Crippen LogP contribution in [0.5, 0.6) is 0 Å². The van der Waals surface area contributed by atoms with Crippen LogP contribution in [0, 0.1) is 5.41 Å². The van der Waals surface area contributed by atoms with E-state index in [9.17, 15) is 4.79 Å². The summed E-state index contributed by atoms with van der Waals surface area (Å²) in [6.07, 6.45) is 0. The molecule has 0 spiro atoms. The number of carbonyl (C=O) groups excluding carboxylic acids is 1. The van der Waals surface area contributed by atoms with Crippen molar-refractivity contribution in [2.75, 3.05) is 0 Å². The predicted molar refractivity (Wildman–Crippen MR) is 63.7 cm³/mol. The summed E-state index contributed by atoms with van der Waals surface area (Å²) in [5, 5.41) is 0. The molecule has 0 aromatic heterocycles. The number of ether oxygens (including phenoxy) is 1. The minimum atomic E-state index is -0.587. The molecule has 0 unspecified atom stereocenters. The molecule has 1 aromatic rings. The highest BCUT2D eigenvalue weighted by atomic mass is 16.5. The van der Waals surface area contributed by atoms with E-state index in [1.165, 1.54) is 0 Å². The van der Waals surface area contributed by atoms with Gasteiger partial charge in [-0.25, -0.2) is 0 Å². The lowest BCUT2D eigenvalue weighted by Gasteiger charge is -2.24. The normalized spacial score (nSPS) is 13.2. The molecule has 0 aliphatic heterocycles. The van der Waals surface area contributed by atoms with Gasteiger partial charge in [-0.3, -0.25) is 4.79 Å². The Hall–Kier alpha value is -1.35. The van der Waals surface area contributed by atoms with E-state index >= 15 is 0 Å². The smallest absolute Gasteiger partial charge is 0.323 e. The summed E-state index contributed by atoms with van der Waals surface area (Å²) in [6.45, 7) is 6.04. The molecule has 0 saturated heterocycles. The molecule has 0 radical (unpaired) electrons. The fraction of sp³-hybridized carbons (Fsp3) is 0.462. The van der Waals surface area contributed by atoms with Crippen molar-refractivity contribution in [1.82, 2.24) is 0 Å². The number of hydrogen-bond donors (Lipinski definition) is 1. The second-order valence-electron chi connectivity index (χ2n) is 4.94. The molecule has 0 heterocycles. The van der Waals surface area contributed by atoms with Gasteiger partial charge in [0.1, 0.15) is 12.6 Å². The van der Waals surface area contributed by atoms with Gasteiger partial charge in [0.25, 0.3) is 0 Å². The Morgan fingerprint density at radius 2 is 1.88 bits per heavy atom. The molecular formula is C13H19NO2. The summed E-state index contributed by atoms with van der Waals surface area (Å²) >= 11 is 0. The Bertz CT molecular complexity index is 341. The lowest BCUT2D eigenvalue weighted by Crippen LogP contribution is -2.43. The van der Waals surface area contributed by atoms with Crippen LogP contribution in [0.1, 0.15) is 26.3 Å². The van der Waals surface area contributed by atoms with Gasteiger partial charge in [-0.2, -0.15) is 0 Å². The van der Waals surface area contributed by atoms with Crippen LogP contribution in [0.3, 0.4) is 0 Å². The van der Waals surface area contributed by atoms with E-state index in [1.54, 1.807) is 0 Å². The Balaban J connectivity index is 2.48. The third kappa shape index (κ3) is 3.66. The van der Waals surface area contributed by atoms with E-state index in [-0.39, 0.29) is 18.0 Å². The molecule has 0 amide bonds. The first kappa shape index (κ1) is 12.7. The molecule has 0 aliphatic rings. The van der Waals surface area contributed by atoms with Crippen molar-refractivity contribution in [3.63, 3.8) is 0 Å². The molecule has 3 nitrogen and oxygen atoms in total. The highest BCUT2D eigenvalue weighted by Crippen LogP contribution is 2.18. The first-order chi connectivity index (χ1) is 7.41. The lowest BCUT2D eigenvalue weighted by molar-refractivity contribution is -0.149. The molecule has 1 rings (SSSR count). The highest BCUT2D eigenvalue weighted by Gasteiger charge is 2.28. The van der Waals surface area contributed by atoms with Crippen molar-refractivity contribution in [3.8, 4) is 0 Å². The van der Waals surface area contributed by atoms with Crippen molar-refractivity contribution in [1.29, 1.82) is 0 Å². The quantitative estimate of drug-likeness (QED) is 0.795. The van der Waals surface area contributed by atoms with Crippen LogP contribution in [0.2, 0.25) is 0 Å². The molecular weight excluding hydrogens is 202 g/mol. The number of esters is 1. The van der Waals surface area contributed by atoms with Gasteiger partial charge < -0.3 is 10.5 Å². The standard InChI is InChI=1S/C13H19NO2/c1-13(2,3)11(14)12(15)16-9-10-7-5-4-6-8-10/h4-8,11H,9,14H2,1-3H3/t11-/m0/s1. The maximum Gasteiger partial charge on any atom is 0.323 e. The van der Waals surface area contributed by atoms with Crippen LogP contribution in [0.4, 0.5) is 0 Å². The van der Waals surface area contributed by atoms with Crippen LogP contribution in [0.25, 0.3) is 0 Å². The Morgan fingerprint density at radius 1 is 1.31 bits per heavy atom. The SMILES string of the molecule is CC(C)(C)[C@@H](N)C(=O)OCc1ccccc1. The molecule has 1 aromatic carbocycles. The van der Waals surface area contributed by atoms with E-state index in [2.05, 4.69) is 0 Å². The zero-order valence-electron chi connectivity index (χ0n) is 10.1. The van der Waals surface area contributed by atoms with E-state index in [0.29, 0.717) is 0 Å². The van der Waals surface area contributed by atoms with Crippen LogP contribution in [0.15, 0.2) is 30.3 Å². The summed E-state index contributed by atoms with van der Waals surface area (Å²) in [6, 6.07) is 8.98. The van der Waals surface area contributed by atoms with Gasteiger partial charge in [0.15, 0.2) is 0 Å². The molecule has 0 aliphatic carbocycles. The third-order valence-electron chi connectivity index (χ3n) is 2.41. The maximum absolute atomic E-state index is 11.6. The van der Waals surface area contributed by atoms with Gasteiger partial charge in [0.05, 0.1) is 0 Å². The van der Waals surface area contributed by atoms with E-state index in [0.717, 1.165) is 5.56 Å². The first-order valence-electron chi connectivity index (χ1n) is 5.37. The average molecular weight is 221 g/mol. The molecule has 2 N–H and O–H groups in total. The molecule has 3 heteroatoms. The van der Waals surface area contributed by atoms with Gasteiger partial charge in [-0.05, 0) is 11.0 Å². The maximum atomic E-state index is 11.6. The largest absolute Gasteiger partial charge is 0.460 e. The monoisotopic (exact) mass is 221 g/mol. The molecule has 0 saturated carbocycles. The highest BCUT2D eigenvalue weighted by molar-refractivity contribution is 5.76. The van der Waals surface area contributed by atoms with E-state index in [1.807, 2.05) is 51.1 Å². The minimum Gasteiger partial charge on any atom is -0.460 e. The summed E-state index contributed by atoms with van der Waals surface area (Å²) in [5.74, 6) is -0.351.